The summed E-state index contributed by atoms with van der Waals surface area (Å²) in [5.41, 5.74) is 5.90. The third-order valence-electron chi connectivity index (χ3n) is 2.57. The van der Waals surface area contributed by atoms with E-state index in [0.29, 0.717) is 16.6 Å². The van der Waals surface area contributed by atoms with Gasteiger partial charge in [0.05, 0.1) is 16.8 Å². The summed E-state index contributed by atoms with van der Waals surface area (Å²) in [6, 6.07) is 4.79. The average Bonchev–Trinajstić information content (AvgIpc) is 2.27. The van der Waals surface area contributed by atoms with E-state index in [1.165, 1.54) is 6.07 Å². The number of fused-ring (bicyclic) bond motifs is 1. The molecule has 1 aromatic carbocycles. The van der Waals surface area contributed by atoms with Crippen LogP contribution in [0.4, 0.5) is 15.8 Å². The summed E-state index contributed by atoms with van der Waals surface area (Å²) in [6.07, 6.45) is 1.58. The van der Waals surface area contributed by atoms with E-state index in [0.717, 1.165) is 0 Å². The van der Waals surface area contributed by atoms with E-state index >= 15 is 0 Å². The zero-order chi connectivity index (χ0) is 13.3. The molecule has 0 amide bonds. The molecule has 0 radical (unpaired) electrons. The lowest BCUT2D eigenvalue weighted by Crippen LogP contribution is -2.29. The van der Waals surface area contributed by atoms with Crippen LogP contribution < -0.4 is 11.1 Å². The number of nitrogens with one attached hydrogen (secondary N) is 1. The first-order valence-electron chi connectivity index (χ1n) is 5.67. The van der Waals surface area contributed by atoms with Crippen LogP contribution in [0.1, 0.15) is 13.8 Å². The van der Waals surface area contributed by atoms with Crippen molar-refractivity contribution in [3.8, 4) is 0 Å². The third-order valence-corrected chi connectivity index (χ3v) is 2.57. The second kappa shape index (κ2) is 4.42. The van der Waals surface area contributed by atoms with Gasteiger partial charge in [-0.15, -0.1) is 0 Å². The highest BCUT2D eigenvalue weighted by Crippen LogP contribution is 2.29. The number of nitrogens with zero attached hydrogens (tertiary/aromatic N) is 1. The summed E-state index contributed by atoms with van der Waals surface area (Å²) >= 11 is 0. The maximum atomic E-state index is 13.9. The summed E-state index contributed by atoms with van der Waals surface area (Å²) in [6.45, 7) is 3.51. The van der Waals surface area contributed by atoms with Crippen molar-refractivity contribution in [1.82, 2.24) is 4.98 Å². The molecular formula is C13H16FN3O. The van der Waals surface area contributed by atoms with Crippen molar-refractivity contribution in [2.75, 3.05) is 17.6 Å². The number of aliphatic hydroxyl groups is 1. The molecule has 1 heterocycles. The van der Waals surface area contributed by atoms with Gasteiger partial charge in [-0.3, -0.25) is 4.98 Å². The molecular weight excluding hydrogens is 233 g/mol. The Hall–Kier alpha value is -1.88. The van der Waals surface area contributed by atoms with Crippen molar-refractivity contribution in [3.63, 3.8) is 0 Å². The van der Waals surface area contributed by atoms with Gasteiger partial charge in [-0.1, -0.05) is 0 Å². The number of hydrogen-bond acceptors (Lipinski definition) is 4. The Labute approximate surface area is 105 Å². The number of halogens is 1. The zero-order valence-corrected chi connectivity index (χ0v) is 10.4. The van der Waals surface area contributed by atoms with Crippen molar-refractivity contribution < 1.29 is 9.50 Å². The van der Waals surface area contributed by atoms with E-state index < -0.39 is 11.4 Å². The number of benzene rings is 1. The Morgan fingerprint density at radius 1 is 1.50 bits per heavy atom. The number of rotatable bonds is 3. The summed E-state index contributed by atoms with van der Waals surface area (Å²) in [7, 11) is 0. The first kappa shape index (κ1) is 12.6. The summed E-state index contributed by atoms with van der Waals surface area (Å²) in [5, 5.41) is 13.2. The normalized spacial score (nSPS) is 11.8. The minimum absolute atomic E-state index is 0.222. The molecule has 0 saturated heterocycles. The van der Waals surface area contributed by atoms with Crippen LogP contribution in [0.3, 0.4) is 0 Å². The van der Waals surface area contributed by atoms with Crippen LogP contribution in [0.15, 0.2) is 24.4 Å². The van der Waals surface area contributed by atoms with E-state index in [9.17, 15) is 9.50 Å². The van der Waals surface area contributed by atoms with Crippen LogP contribution in [0, 0.1) is 5.82 Å². The topological polar surface area (TPSA) is 71.2 Å². The fraction of sp³-hybridized carbons (Fsp3) is 0.308. The Kier molecular flexibility index (Phi) is 3.09. The average molecular weight is 249 g/mol. The first-order valence-corrected chi connectivity index (χ1v) is 5.67. The van der Waals surface area contributed by atoms with E-state index in [1.54, 1.807) is 32.2 Å². The number of hydrogen-bond donors (Lipinski definition) is 3. The van der Waals surface area contributed by atoms with E-state index in [2.05, 4.69) is 10.3 Å². The molecule has 2 aromatic rings. The number of aromatic nitrogens is 1. The predicted molar refractivity (Wildman–Crippen MR) is 70.9 cm³/mol. The molecule has 1 aromatic heterocycles. The van der Waals surface area contributed by atoms with Gasteiger partial charge in [0.1, 0.15) is 0 Å². The van der Waals surface area contributed by atoms with Gasteiger partial charge in [0, 0.05) is 23.8 Å². The van der Waals surface area contributed by atoms with Crippen LogP contribution in [0.5, 0.6) is 0 Å². The van der Waals surface area contributed by atoms with Crippen molar-refractivity contribution >= 4 is 22.3 Å². The van der Waals surface area contributed by atoms with Gasteiger partial charge in [-0.25, -0.2) is 4.39 Å². The van der Waals surface area contributed by atoms with Gasteiger partial charge in [0.15, 0.2) is 5.82 Å². The Bertz CT molecular complexity index is 578. The van der Waals surface area contributed by atoms with E-state index in [1.807, 2.05) is 0 Å². The quantitative estimate of drug-likeness (QED) is 0.729. The van der Waals surface area contributed by atoms with Crippen LogP contribution >= 0.6 is 0 Å². The highest BCUT2D eigenvalue weighted by Gasteiger charge is 2.16. The minimum Gasteiger partial charge on any atom is -0.398 e. The second-order valence-electron chi connectivity index (χ2n) is 4.89. The fourth-order valence-electron chi connectivity index (χ4n) is 1.71. The lowest BCUT2D eigenvalue weighted by molar-refractivity contribution is 0.0945. The number of pyridine rings is 1. The van der Waals surface area contributed by atoms with Crippen molar-refractivity contribution in [2.45, 2.75) is 19.4 Å². The molecule has 96 valence electrons. The van der Waals surface area contributed by atoms with Gasteiger partial charge >= 0.3 is 0 Å². The minimum atomic E-state index is -0.936. The maximum Gasteiger partial charge on any atom is 0.150 e. The maximum absolute atomic E-state index is 13.9. The standard InChI is InChI=1S/C13H16FN3O/c1-13(2,18)7-17-12-9(14)6-10(15)8-4-3-5-16-11(8)12/h3-6,17-18H,7,15H2,1-2H3. The summed E-state index contributed by atoms with van der Waals surface area (Å²) in [4.78, 5) is 4.14. The zero-order valence-electron chi connectivity index (χ0n) is 10.4. The lowest BCUT2D eigenvalue weighted by Gasteiger charge is -2.19. The summed E-state index contributed by atoms with van der Waals surface area (Å²) < 4.78 is 13.9. The number of nitrogen functional groups attached to an aromatic ring is 1. The third kappa shape index (κ3) is 2.51. The molecule has 0 aliphatic carbocycles. The van der Waals surface area contributed by atoms with Gasteiger partial charge < -0.3 is 16.2 Å². The molecule has 0 saturated carbocycles. The lowest BCUT2D eigenvalue weighted by atomic mass is 10.1. The smallest absolute Gasteiger partial charge is 0.150 e. The molecule has 0 fully saturated rings. The van der Waals surface area contributed by atoms with Crippen molar-refractivity contribution in [1.29, 1.82) is 0 Å². The molecule has 0 unspecified atom stereocenters. The predicted octanol–water partition coefficient (Wildman–Crippen LogP) is 2.14. The molecule has 4 nitrogen and oxygen atoms in total. The first-order chi connectivity index (χ1) is 8.38. The Morgan fingerprint density at radius 3 is 2.89 bits per heavy atom. The number of nitrogens with two attached hydrogens (primary N) is 1. The van der Waals surface area contributed by atoms with E-state index in [4.69, 9.17) is 5.73 Å². The molecule has 18 heavy (non-hydrogen) atoms. The van der Waals surface area contributed by atoms with Gasteiger partial charge in [0.2, 0.25) is 0 Å². The van der Waals surface area contributed by atoms with Gasteiger partial charge in [-0.2, -0.15) is 0 Å². The van der Waals surface area contributed by atoms with Gasteiger partial charge in [-0.05, 0) is 32.0 Å². The molecule has 4 N–H and O–H groups in total. The van der Waals surface area contributed by atoms with E-state index in [-0.39, 0.29) is 12.2 Å². The van der Waals surface area contributed by atoms with Gasteiger partial charge in [0.25, 0.3) is 0 Å². The highest BCUT2D eigenvalue weighted by atomic mass is 19.1. The Balaban J connectivity index is 2.49. The van der Waals surface area contributed by atoms with Crippen LogP contribution in [-0.4, -0.2) is 22.2 Å². The molecule has 0 spiro atoms. The highest BCUT2D eigenvalue weighted by molar-refractivity contribution is 5.98. The molecule has 0 aliphatic heterocycles. The molecule has 0 bridgehead atoms. The molecule has 5 heteroatoms. The van der Waals surface area contributed by atoms with Crippen LogP contribution in [0.2, 0.25) is 0 Å². The van der Waals surface area contributed by atoms with Crippen LogP contribution in [0.25, 0.3) is 10.9 Å². The summed E-state index contributed by atoms with van der Waals surface area (Å²) in [5.74, 6) is -0.469. The molecule has 2 rings (SSSR count). The largest absolute Gasteiger partial charge is 0.398 e. The monoisotopic (exact) mass is 249 g/mol. The van der Waals surface area contributed by atoms with Crippen LogP contribution in [-0.2, 0) is 0 Å². The second-order valence-corrected chi connectivity index (χ2v) is 4.89. The van der Waals surface area contributed by atoms with Crippen molar-refractivity contribution in [3.05, 3.63) is 30.2 Å². The fourth-order valence-corrected chi connectivity index (χ4v) is 1.71. The van der Waals surface area contributed by atoms with Crippen molar-refractivity contribution in [2.24, 2.45) is 0 Å². The molecule has 0 atom stereocenters. The molecule has 0 aliphatic rings. The SMILES string of the molecule is CC(C)(O)CNc1c(F)cc(N)c2cccnc12. The number of anilines is 2. The Morgan fingerprint density at radius 2 is 2.22 bits per heavy atom.